The van der Waals surface area contributed by atoms with Crippen LogP contribution in [-0.4, -0.2) is 48.8 Å². The largest absolute Gasteiger partial charge is 0.482 e. The highest BCUT2D eigenvalue weighted by Gasteiger charge is 2.28. The second-order valence-electron chi connectivity index (χ2n) is 7.98. The second-order valence-corrected chi connectivity index (χ2v) is 7.98. The fourth-order valence-electron chi connectivity index (χ4n) is 3.41. The molecule has 0 bridgehead atoms. The van der Waals surface area contributed by atoms with Gasteiger partial charge in [0.05, 0.1) is 23.6 Å². The maximum atomic E-state index is 14.7. The van der Waals surface area contributed by atoms with Gasteiger partial charge in [0.25, 0.3) is 0 Å². The molecule has 36 heavy (non-hydrogen) atoms. The maximum Gasteiger partial charge on any atom is 0.422 e. The summed E-state index contributed by atoms with van der Waals surface area (Å²) in [5, 5.41) is 11.8. The Morgan fingerprint density at radius 1 is 1.22 bits per heavy atom. The number of halogens is 4. The fraction of sp³-hybridized carbons (Fsp3) is 0.261. The van der Waals surface area contributed by atoms with Crippen LogP contribution in [0.1, 0.15) is 35.7 Å². The smallest absolute Gasteiger partial charge is 0.422 e. The van der Waals surface area contributed by atoms with E-state index in [0.717, 1.165) is 6.20 Å². The van der Waals surface area contributed by atoms with Crippen molar-refractivity contribution in [3.05, 3.63) is 65.4 Å². The van der Waals surface area contributed by atoms with E-state index in [-0.39, 0.29) is 17.2 Å². The summed E-state index contributed by atoms with van der Waals surface area (Å²) in [4.78, 5) is 17.2. The van der Waals surface area contributed by atoms with Crippen molar-refractivity contribution in [2.75, 3.05) is 6.61 Å². The van der Waals surface area contributed by atoms with Gasteiger partial charge in [-0.15, -0.1) is 10.2 Å². The number of carbonyl (C=O) groups excluding carboxylic acids is 1. The summed E-state index contributed by atoms with van der Waals surface area (Å²) >= 11 is 0. The molecule has 0 aliphatic rings. The molecule has 4 aromatic heterocycles. The number of hydrogen-bond donors (Lipinski definition) is 0. The predicted octanol–water partition coefficient (Wildman–Crippen LogP) is 4.67. The lowest BCUT2D eigenvalue weighted by Crippen LogP contribution is -2.21. The maximum absolute atomic E-state index is 14.7. The Balaban J connectivity index is 1.58. The van der Waals surface area contributed by atoms with Gasteiger partial charge in [-0.25, -0.2) is 4.39 Å². The van der Waals surface area contributed by atoms with E-state index < -0.39 is 24.6 Å². The number of pyridine rings is 2. The third kappa shape index (κ3) is 5.34. The molecule has 0 saturated heterocycles. The first kappa shape index (κ1) is 24.8. The number of alkyl halides is 3. The van der Waals surface area contributed by atoms with Crippen molar-refractivity contribution >= 4 is 18.1 Å². The number of carbonyl (C=O) groups is 1. The third-order valence-corrected chi connectivity index (χ3v) is 5.24. The van der Waals surface area contributed by atoms with Crippen molar-refractivity contribution in [1.29, 1.82) is 0 Å². The number of ether oxygens (including phenoxy) is 1. The van der Waals surface area contributed by atoms with Crippen LogP contribution in [0.2, 0.25) is 0 Å². The molecule has 1 atom stereocenters. The molecule has 188 valence electrons. The zero-order valence-electron chi connectivity index (χ0n) is 19.3. The van der Waals surface area contributed by atoms with Gasteiger partial charge in [-0.05, 0) is 44.5 Å². The summed E-state index contributed by atoms with van der Waals surface area (Å²) in [6.07, 6.45) is 1.79. The summed E-state index contributed by atoms with van der Waals surface area (Å²) in [6, 6.07) is 3.65. The van der Waals surface area contributed by atoms with Gasteiger partial charge in [-0.2, -0.15) is 13.2 Å². The van der Waals surface area contributed by atoms with Gasteiger partial charge in [-0.3, -0.25) is 14.2 Å². The van der Waals surface area contributed by atoms with Crippen LogP contribution in [0.5, 0.6) is 5.75 Å². The molecule has 1 amide bonds. The lowest BCUT2D eigenvalue weighted by Gasteiger charge is -2.20. The second kappa shape index (κ2) is 9.76. The van der Waals surface area contributed by atoms with Crippen LogP contribution in [0, 0.1) is 19.7 Å². The number of rotatable bonds is 8. The zero-order valence-corrected chi connectivity index (χ0v) is 19.3. The average molecular weight is 504 g/mol. The monoisotopic (exact) mass is 504 g/mol. The standard InChI is InChI=1S/C23H20F4N6O3/c1-13-6-17(35-11-23(25,26)27)9-28-19(13)4-5-32(12-34)15(3)21-29-30-22-18(24)8-16(10-33(21)22)20-7-14(2)31-36-20/h4-10,12,15H,11H2,1-3H3/b5-4-. The minimum Gasteiger partial charge on any atom is -0.482 e. The van der Waals surface area contributed by atoms with Crippen molar-refractivity contribution in [3.8, 4) is 17.1 Å². The Hall–Kier alpha value is -4.29. The molecule has 0 aliphatic heterocycles. The normalized spacial score (nSPS) is 12.9. The van der Waals surface area contributed by atoms with Crippen molar-refractivity contribution in [3.63, 3.8) is 0 Å². The predicted molar refractivity (Wildman–Crippen MR) is 119 cm³/mol. The molecule has 4 heterocycles. The Morgan fingerprint density at radius 3 is 2.64 bits per heavy atom. The molecule has 0 saturated carbocycles. The summed E-state index contributed by atoms with van der Waals surface area (Å²) in [5.74, 6) is -0.0260. The average Bonchev–Trinajstić information content (AvgIpc) is 3.45. The molecule has 0 aromatic carbocycles. The van der Waals surface area contributed by atoms with Crippen LogP contribution < -0.4 is 4.74 Å². The van der Waals surface area contributed by atoms with Gasteiger partial charge in [0, 0.05) is 24.0 Å². The topological polar surface area (TPSA) is 98.7 Å². The van der Waals surface area contributed by atoms with Crippen molar-refractivity contribution in [2.24, 2.45) is 0 Å². The first-order valence-corrected chi connectivity index (χ1v) is 10.6. The Labute approximate surface area is 202 Å². The van der Waals surface area contributed by atoms with Gasteiger partial charge >= 0.3 is 6.18 Å². The number of fused-ring (bicyclic) bond motifs is 1. The van der Waals surface area contributed by atoms with Crippen molar-refractivity contribution in [1.82, 2.24) is 29.6 Å². The van der Waals surface area contributed by atoms with Gasteiger partial charge in [0.15, 0.2) is 29.7 Å². The molecule has 0 radical (unpaired) electrons. The highest BCUT2D eigenvalue weighted by molar-refractivity contribution is 5.61. The van der Waals surface area contributed by atoms with E-state index in [9.17, 15) is 22.4 Å². The van der Waals surface area contributed by atoms with Crippen LogP contribution in [0.25, 0.3) is 23.0 Å². The Bertz CT molecular complexity index is 1430. The molecule has 1 unspecified atom stereocenters. The quantitative estimate of drug-likeness (QED) is 0.254. The van der Waals surface area contributed by atoms with E-state index in [1.807, 2.05) is 0 Å². The highest BCUT2D eigenvalue weighted by atomic mass is 19.4. The Kier molecular flexibility index (Phi) is 6.73. The van der Waals surface area contributed by atoms with E-state index >= 15 is 0 Å². The van der Waals surface area contributed by atoms with Crippen molar-refractivity contribution in [2.45, 2.75) is 33.0 Å². The Morgan fingerprint density at radius 2 is 2.00 bits per heavy atom. The van der Waals surface area contributed by atoms with Crippen LogP contribution in [0.3, 0.4) is 0 Å². The van der Waals surface area contributed by atoms with Crippen LogP contribution in [0.15, 0.2) is 41.3 Å². The summed E-state index contributed by atoms with van der Waals surface area (Å²) < 4.78 is 63.1. The highest BCUT2D eigenvalue weighted by Crippen LogP contribution is 2.26. The molecule has 4 aromatic rings. The lowest BCUT2D eigenvalue weighted by atomic mass is 10.2. The molecule has 13 heteroatoms. The van der Waals surface area contributed by atoms with Gasteiger partial charge in [0.1, 0.15) is 5.75 Å². The lowest BCUT2D eigenvalue weighted by molar-refractivity contribution is -0.153. The minimum absolute atomic E-state index is 0.0291. The third-order valence-electron chi connectivity index (χ3n) is 5.24. The molecular weight excluding hydrogens is 484 g/mol. The van der Waals surface area contributed by atoms with Crippen LogP contribution in [0.4, 0.5) is 17.6 Å². The molecule has 0 aliphatic carbocycles. The first-order valence-electron chi connectivity index (χ1n) is 10.6. The zero-order chi connectivity index (χ0) is 26.0. The first-order chi connectivity index (χ1) is 17.1. The van der Waals surface area contributed by atoms with E-state index in [0.29, 0.717) is 34.7 Å². The van der Waals surface area contributed by atoms with Crippen molar-refractivity contribution < 1.29 is 31.6 Å². The summed E-state index contributed by atoms with van der Waals surface area (Å²) in [5.41, 5.74) is 1.96. The van der Waals surface area contributed by atoms with Crippen LogP contribution in [-0.2, 0) is 4.79 Å². The van der Waals surface area contributed by atoms with E-state index in [2.05, 4.69) is 20.3 Å². The van der Waals surface area contributed by atoms with Crippen LogP contribution >= 0.6 is 0 Å². The molecule has 4 rings (SSSR count). The number of amides is 1. The number of nitrogens with zero attached hydrogens (tertiary/aromatic N) is 6. The summed E-state index contributed by atoms with van der Waals surface area (Å²) in [7, 11) is 0. The molecule has 0 fully saturated rings. The number of hydrogen-bond acceptors (Lipinski definition) is 7. The van der Waals surface area contributed by atoms with E-state index in [1.54, 1.807) is 33.0 Å². The van der Waals surface area contributed by atoms with E-state index in [1.165, 1.54) is 33.7 Å². The SMILES string of the molecule is Cc1cc(-c2cc(F)c3nnc(C(C)N(C=O)/C=C\c4ncc(OCC(F)(F)F)cc4C)n3c2)on1. The van der Waals surface area contributed by atoms with Gasteiger partial charge in [0.2, 0.25) is 6.41 Å². The van der Waals surface area contributed by atoms with E-state index in [4.69, 9.17) is 9.26 Å². The number of aromatic nitrogens is 5. The summed E-state index contributed by atoms with van der Waals surface area (Å²) in [6.45, 7) is 3.63. The molecule has 0 N–H and O–H groups in total. The van der Waals surface area contributed by atoms with Gasteiger partial charge < -0.3 is 14.2 Å². The molecule has 9 nitrogen and oxygen atoms in total. The van der Waals surface area contributed by atoms with Gasteiger partial charge in [-0.1, -0.05) is 5.16 Å². The number of aryl methyl sites for hydroxylation is 2. The minimum atomic E-state index is -4.46. The molecule has 0 spiro atoms. The molecular formula is C23H20F4N6O3. The fourth-order valence-corrected chi connectivity index (χ4v) is 3.41.